The summed E-state index contributed by atoms with van der Waals surface area (Å²) in [5.41, 5.74) is 1.66. The van der Waals surface area contributed by atoms with Crippen molar-refractivity contribution in [2.75, 3.05) is 5.32 Å². The lowest BCUT2D eigenvalue weighted by Gasteiger charge is -2.03. The van der Waals surface area contributed by atoms with Gasteiger partial charge < -0.3 is 5.32 Å². The van der Waals surface area contributed by atoms with Gasteiger partial charge in [0.25, 0.3) is 0 Å². The summed E-state index contributed by atoms with van der Waals surface area (Å²) in [6, 6.07) is 10.3. The lowest BCUT2D eigenvalue weighted by Crippen LogP contribution is -2.04. The van der Waals surface area contributed by atoms with Crippen LogP contribution in [0.1, 0.15) is 12.8 Å². The van der Waals surface area contributed by atoms with Gasteiger partial charge in [-0.3, -0.25) is 4.98 Å². The second-order valence-corrected chi connectivity index (χ2v) is 3.94. The monoisotopic (exact) mass is 212 g/mol. The summed E-state index contributed by atoms with van der Waals surface area (Å²) in [6.45, 7) is 0. The van der Waals surface area contributed by atoms with E-state index in [4.69, 9.17) is 0 Å². The number of anilines is 1. The van der Waals surface area contributed by atoms with Crippen LogP contribution in [0.4, 0.5) is 5.82 Å². The molecule has 0 bridgehead atoms. The maximum absolute atomic E-state index is 4.23. The molecule has 1 fully saturated rings. The van der Waals surface area contributed by atoms with Crippen LogP contribution in [0.3, 0.4) is 0 Å². The Bertz CT molecular complexity index is 462. The van der Waals surface area contributed by atoms with Crippen molar-refractivity contribution in [3.8, 4) is 11.4 Å². The zero-order valence-corrected chi connectivity index (χ0v) is 8.80. The third-order valence-corrected chi connectivity index (χ3v) is 2.52. The first kappa shape index (κ1) is 9.27. The standard InChI is InChI=1S/C12H12N4/c1-2-8-13-10(3-1)11-6-7-12(16-15-11)14-9-4-5-9/h1-3,6-9H,4-5H2,(H,14,16). The first-order valence-corrected chi connectivity index (χ1v) is 5.43. The van der Waals surface area contributed by atoms with Crippen LogP contribution in [0, 0.1) is 0 Å². The fourth-order valence-corrected chi connectivity index (χ4v) is 1.50. The number of nitrogens with zero attached hydrogens (tertiary/aromatic N) is 3. The van der Waals surface area contributed by atoms with E-state index in [1.165, 1.54) is 12.8 Å². The second-order valence-electron chi connectivity index (χ2n) is 3.94. The molecule has 3 rings (SSSR count). The Balaban J connectivity index is 1.81. The molecule has 16 heavy (non-hydrogen) atoms. The van der Waals surface area contributed by atoms with Crippen LogP contribution < -0.4 is 5.32 Å². The van der Waals surface area contributed by atoms with Gasteiger partial charge in [0.05, 0.1) is 5.69 Å². The van der Waals surface area contributed by atoms with E-state index in [0.29, 0.717) is 6.04 Å². The van der Waals surface area contributed by atoms with Gasteiger partial charge in [-0.1, -0.05) is 6.07 Å². The van der Waals surface area contributed by atoms with E-state index >= 15 is 0 Å². The van der Waals surface area contributed by atoms with Crippen molar-refractivity contribution in [3.05, 3.63) is 36.5 Å². The minimum atomic E-state index is 0.606. The van der Waals surface area contributed by atoms with Gasteiger partial charge in [0.15, 0.2) is 0 Å². The molecule has 1 N–H and O–H groups in total. The first-order valence-electron chi connectivity index (χ1n) is 5.43. The van der Waals surface area contributed by atoms with Crippen LogP contribution in [-0.2, 0) is 0 Å². The molecule has 2 aromatic heterocycles. The molecule has 1 aliphatic carbocycles. The van der Waals surface area contributed by atoms with Gasteiger partial charge in [0, 0.05) is 12.2 Å². The average molecular weight is 212 g/mol. The molecule has 1 aliphatic rings. The fourth-order valence-electron chi connectivity index (χ4n) is 1.50. The number of pyridine rings is 1. The topological polar surface area (TPSA) is 50.7 Å². The predicted molar refractivity (Wildman–Crippen MR) is 61.9 cm³/mol. The smallest absolute Gasteiger partial charge is 0.148 e. The van der Waals surface area contributed by atoms with Crippen molar-refractivity contribution in [3.63, 3.8) is 0 Å². The molecule has 4 nitrogen and oxygen atoms in total. The van der Waals surface area contributed by atoms with E-state index in [1.54, 1.807) is 6.20 Å². The molecule has 1 saturated carbocycles. The van der Waals surface area contributed by atoms with Crippen molar-refractivity contribution in [1.82, 2.24) is 15.2 Å². The molecule has 0 spiro atoms. The zero-order valence-electron chi connectivity index (χ0n) is 8.80. The maximum atomic E-state index is 4.23. The van der Waals surface area contributed by atoms with E-state index in [9.17, 15) is 0 Å². The van der Waals surface area contributed by atoms with Crippen LogP contribution >= 0.6 is 0 Å². The fraction of sp³-hybridized carbons (Fsp3) is 0.250. The summed E-state index contributed by atoms with van der Waals surface area (Å²) in [4.78, 5) is 4.23. The highest BCUT2D eigenvalue weighted by Gasteiger charge is 2.21. The highest BCUT2D eigenvalue weighted by Crippen LogP contribution is 2.23. The molecule has 0 saturated heterocycles. The third kappa shape index (κ3) is 2.00. The van der Waals surface area contributed by atoms with Crippen LogP contribution in [0.5, 0.6) is 0 Å². The summed E-state index contributed by atoms with van der Waals surface area (Å²) < 4.78 is 0. The molecule has 0 atom stereocenters. The van der Waals surface area contributed by atoms with E-state index in [-0.39, 0.29) is 0 Å². The molecule has 0 aromatic carbocycles. The van der Waals surface area contributed by atoms with E-state index in [0.717, 1.165) is 17.2 Å². The Kier molecular flexibility index (Phi) is 2.25. The lowest BCUT2D eigenvalue weighted by molar-refractivity contribution is 0.999. The number of hydrogen-bond acceptors (Lipinski definition) is 4. The van der Waals surface area contributed by atoms with Crippen molar-refractivity contribution < 1.29 is 0 Å². The molecular weight excluding hydrogens is 200 g/mol. The zero-order chi connectivity index (χ0) is 10.8. The summed E-state index contributed by atoms with van der Waals surface area (Å²) in [6.07, 6.45) is 4.24. The van der Waals surface area contributed by atoms with Crippen LogP contribution in [0.2, 0.25) is 0 Å². The van der Waals surface area contributed by atoms with Gasteiger partial charge in [-0.15, -0.1) is 10.2 Å². The average Bonchev–Trinajstić information content (AvgIpc) is 3.15. The van der Waals surface area contributed by atoms with Crippen molar-refractivity contribution in [2.45, 2.75) is 18.9 Å². The SMILES string of the molecule is c1ccc(-c2ccc(NC3CC3)nn2)nc1. The number of rotatable bonds is 3. The molecule has 0 aliphatic heterocycles. The quantitative estimate of drug-likeness (QED) is 0.846. The summed E-state index contributed by atoms with van der Waals surface area (Å²) in [5.74, 6) is 0.849. The van der Waals surface area contributed by atoms with Crippen molar-refractivity contribution in [1.29, 1.82) is 0 Å². The third-order valence-electron chi connectivity index (χ3n) is 2.52. The second kappa shape index (κ2) is 3.89. The molecule has 0 amide bonds. The molecule has 0 radical (unpaired) electrons. The Hall–Kier alpha value is -1.97. The normalized spacial score (nSPS) is 14.8. The Morgan fingerprint density at radius 1 is 1.00 bits per heavy atom. The van der Waals surface area contributed by atoms with Crippen LogP contribution in [-0.4, -0.2) is 21.2 Å². The minimum Gasteiger partial charge on any atom is -0.366 e. The molecule has 80 valence electrons. The first-order chi connectivity index (χ1) is 7.92. The van der Waals surface area contributed by atoms with Gasteiger partial charge >= 0.3 is 0 Å². The number of hydrogen-bond donors (Lipinski definition) is 1. The molecule has 0 unspecified atom stereocenters. The molecule has 2 aromatic rings. The summed E-state index contributed by atoms with van der Waals surface area (Å²) in [7, 11) is 0. The Labute approximate surface area is 93.8 Å². The highest BCUT2D eigenvalue weighted by atomic mass is 15.2. The van der Waals surface area contributed by atoms with Gasteiger partial charge in [-0.2, -0.15) is 0 Å². The Morgan fingerprint density at radius 2 is 1.94 bits per heavy atom. The van der Waals surface area contributed by atoms with Crippen molar-refractivity contribution >= 4 is 5.82 Å². The predicted octanol–water partition coefficient (Wildman–Crippen LogP) is 2.11. The molecular formula is C12H12N4. The molecule has 4 heteroatoms. The Morgan fingerprint density at radius 3 is 2.56 bits per heavy atom. The molecule has 2 heterocycles. The van der Waals surface area contributed by atoms with Gasteiger partial charge in [-0.05, 0) is 37.1 Å². The highest BCUT2D eigenvalue weighted by molar-refractivity contribution is 5.54. The van der Waals surface area contributed by atoms with E-state index < -0.39 is 0 Å². The summed E-state index contributed by atoms with van der Waals surface area (Å²) >= 11 is 0. The largest absolute Gasteiger partial charge is 0.366 e. The van der Waals surface area contributed by atoms with E-state index in [2.05, 4.69) is 20.5 Å². The van der Waals surface area contributed by atoms with Crippen LogP contribution in [0.15, 0.2) is 36.5 Å². The minimum absolute atomic E-state index is 0.606. The van der Waals surface area contributed by atoms with Gasteiger partial charge in [0.2, 0.25) is 0 Å². The lowest BCUT2D eigenvalue weighted by atomic mass is 10.2. The van der Waals surface area contributed by atoms with Gasteiger partial charge in [0.1, 0.15) is 11.5 Å². The van der Waals surface area contributed by atoms with Crippen LogP contribution in [0.25, 0.3) is 11.4 Å². The summed E-state index contributed by atoms with van der Waals surface area (Å²) in [5, 5.41) is 11.6. The number of nitrogens with one attached hydrogen (secondary N) is 1. The van der Waals surface area contributed by atoms with Crippen molar-refractivity contribution in [2.24, 2.45) is 0 Å². The van der Waals surface area contributed by atoms with E-state index in [1.807, 2.05) is 30.3 Å². The number of aromatic nitrogens is 3. The van der Waals surface area contributed by atoms with Gasteiger partial charge in [-0.25, -0.2) is 0 Å². The maximum Gasteiger partial charge on any atom is 0.148 e.